The van der Waals surface area contributed by atoms with Crippen molar-refractivity contribution in [1.29, 1.82) is 21.0 Å². The highest BCUT2D eigenvalue weighted by molar-refractivity contribution is 5.44. The van der Waals surface area contributed by atoms with Gasteiger partial charge >= 0.3 is 0 Å². The molecule has 0 aliphatic rings. The first-order chi connectivity index (χ1) is 32.7. The largest absolute Gasteiger partial charge is 0.192 e. The Labute approximate surface area is 399 Å². The number of hydrogen-bond acceptors (Lipinski definition) is 4. The maximum atomic E-state index is 10.0. The zero-order chi connectivity index (χ0) is 47.0. The number of rotatable bonds is 20. The highest BCUT2D eigenvalue weighted by Crippen LogP contribution is 2.52. The van der Waals surface area contributed by atoms with Gasteiger partial charge in [-0.05, 0) is 162 Å². The fraction of sp³-hybridized carbons (Fsp3) is 0.270. The normalized spacial score (nSPS) is 13.9. The van der Waals surface area contributed by atoms with Crippen molar-refractivity contribution in [3.8, 4) is 24.3 Å². The minimum atomic E-state index is -0.402. The average Bonchev–Trinajstić information content (AvgIpc) is 3.40. The van der Waals surface area contributed by atoms with E-state index in [-0.39, 0.29) is 29.6 Å². The summed E-state index contributed by atoms with van der Waals surface area (Å²) < 4.78 is 0. The molecule has 0 saturated heterocycles. The molecular weight excluding hydrogens is 813 g/mol. The first kappa shape index (κ1) is 47.5. The molecule has 7 rings (SSSR count). The smallest absolute Gasteiger partial charge is 0.0991 e. The average molecular weight is 873 g/mol. The van der Waals surface area contributed by atoms with E-state index in [9.17, 15) is 21.0 Å². The van der Waals surface area contributed by atoms with Gasteiger partial charge in [0.25, 0.3) is 0 Å². The van der Waals surface area contributed by atoms with Crippen molar-refractivity contribution in [2.45, 2.75) is 101 Å². The monoisotopic (exact) mass is 872 g/mol. The molecule has 67 heavy (non-hydrogen) atoms. The van der Waals surface area contributed by atoms with Gasteiger partial charge in [-0.1, -0.05) is 167 Å². The molecule has 0 heterocycles. The second-order valence-electron chi connectivity index (χ2n) is 18.7. The zero-order valence-electron chi connectivity index (χ0n) is 39.1. The lowest BCUT2D eigenvalue weighted by molar-refractivity contribution is 0.314. The van der Waals surface area contributed by atoms with E-state index in [0.717, 1.165) is 44.9 Å². The summed E-state index contributed by atoms with van der Waals surface area (Å²) in [7, 11) is 0. The Morgan fingerprint density at radius 3 is 1.06 bits per heavy atom. The van der Waals surface area contributed by atoms with Crippen LogP contribution in [0.4, 0.5) is 0 Å². The van der Waals surface area contributed by atoms with Crippen LogP contribution in [0.3, 0.4) is 0 Å². The highest BCUT2D eigenvalue weighted by atomic mass is 14.4. The Morgan fingerprint density at radius 2 is 0.672 bits per heavy atom. The van der Waals surface area contributed by atoms with Gasteiger partial charge in [0, 0.05) is 5.41 Å². The van der Waals surface area contributed by atoms with Crippen LogP contribution in [0.5, 0.6) is 0 Å². The molecule has 0 radical (unpaired) electrons. The Bertz CT molecular complexity index is 2750. The molecule has 4 heteroatoms. The van der Waals surface area contributed by atoms with E-state index in [0.29, 0.717) is 28.2 Å². The fourth-order valence-electron chi connectivity index (χ4n) is 10.5. The molecular formula is C63H60N4. The van der Waals surface area contributed by atoms with E-state index in [1.54, 1.807) is 0 Å². The second-order valence-corrected chi connectivity index (χ2v) is 18.7. The number of benzene rings is 7. The van der Waals surface area contributed by atoms with Gasteiger partial charge in [-0.15, -0.1) is 0 Å². The van der Waals surface area contributed by atoms with E-state index in [4.69, 9.17) is 0 Å². The summed E-state index contributed by atoms with van der Waals surface area (Å²) in [5.41, 5.74) is 10.9. The third-order valence-corrected chi connectivity index (χ3v) is 14.4. The molecule has 0 amide bonds. The third-order valence-electron chi connectivity index (χ3n) is 14.4. The second kappa shape index (κ2) is 23.1. The number of nitriles is 4. The van der Waals surface area contributed by atoms with Gasteiger partial charge in [-0.3, -0.25) is 0 Å². The Hall–Kier alpha value is -7.50. The van der Waals surface area contributed by atoms with Crippen molar-refractivity contribution >= 4 is 0 Å². The van der Waals surface area contributed by atoms with Crippen molar-refractivity contribution < 1.29 is 0 Å². The minimum Gasteiger partial charge on any atom is -0.192 e. The SMILES string of the molecule is CCC(C)CC(CC(CC(CC(CC(CC(C)c1ccc(C#N)cc1)c1ccc(C#N)cc1)c1ccc(C#N)cc1)c1ccc(C#N)cc1)(c1ccccc1)c1ccccc1)c1ccccc1. The van der Waals surface area contributed by atoms with Crippen LogP contribution in [0.1, 0.15) is 157 Å². The quantitative estimate of drug-likeness (QED) is 0.0762. The van der Waals surface area contributed by atoms with Crippen LogP contribution in [0.2, 0.25) is 0 Å². The van der Waals surface area contributed by atoms with E-state index < -0.39 is 5.41 Å². The summed E-state index contributed by atoms with van der Waals surface area (Å²) in [6.07, 6.45) is 6.43. The Morgan fingerprint density at radius 1 is 0.358 bits per heavy atom. The van der Waals surface area contributed by atoms with E-state index >= 15 is 0 Å². The molecule has 0 N–H and O–H groups in total. The predicted molar refractivity (Wildman–Crippen MR) is 271 cm³/mol. The summed E-state index contributed by atoms with van der Waals surface area (Å²) in [6.45, 7) is 6.96. The number of hydrogen-bond donors (Lipinski definition) is 0. The lowest BCUT2D eigenvalue weighted by Crippen LogP contribution is -2.33. The summed E-state index contributed by atoms with van der Waals surface area (Å²) in [5, 5.41) is 39.3. The van der Waals surface area contributed by atoms with Gasteiger partial charge < -0.3 is 0 Å². The summed E-state index contributed by atoms with van der Waals surface area (Å²) in [5.74, 6) is 1.25. The molecule has 4 nitrogen and oxygen atoms in total. The van der Waals surface area contributed by atoms with Crippen molar-refractivity contribution in [3.05, 3.63) is 249 Å². The van der Waals surface area contributed by atoms with Crippen LogP contribution in [-0.4, -0.2) is 0 Å². The summed E-state index contributed by atoms with van der Waals surface area (Å²) in [6, 6.07) is 75.3. The molecule has 0 fully saturated rings. The standard InChI is InChI=1S/C63H60N4/c1-4-46(2)36-59(53-14-8-5-9-15-53)40-63(61-16-10-6-11-17-61,62-18-12-7-13-19-62)41-60(56-34-26-51(45-67)27-35-56)39-58(55-32-24-50(44-66)25-33-55)38-57(54-30-22-49(43-65)23-31-54)37-47(3)52-28-20-48(42-64)21-29-52/h5-35,46-47,57-60H,4,36-41H2,1-3H3. The lowest BCUT2D eigenvalue weighted by atomic mass is 9.61. The van der Waals surface area contributed by atoms with E-state index in [2.05, 4.69) is 185 Å². The van der Waals surface area contributed by atoms with Crippen LogP contribution in [-0.2, 0) is 5.41 Å². The van der Waals surface area contributed by atoms with Gasteiger partial charge in [-0.25, -0.2) is 0 Å². The number of nitrogens with zero attached hydrogens (tertiary/aromatic N) is 4. The van der Waals surface area contributed by atoms with Crippen molar-refractivity contribution in [3.63, 3.8) is 0 Å². The van der Waals surface area contributed by atoms with Crippen LogP contribution < -0.4 is 0 Å². The summed E-state index contributed by atoms with van der Waals surface area (Å²) in [4.78, 5) is 0. The van der Waals surface area contributed by atoms with E-state index in [1.165, 1.54) is 38.9 Å². The molecule has 0 bridgehead atoms. The molecule has 0 saturated carbocycles. The van der Waals surface area contributed by atoms with Crippen LogP contribution in [0, 0.1) is 51.2 Å². The summed E-state index contributed by atoms with van der Waals surface area (Å²) >= 11 is 0. The third kappa shape index (κ3) is 12.0. The molecule has 7 aromatic rings. The first-order valence-electron chi connectivity index (χ1n) is 23.9. The molecule has 6 atom stereocenters. The van der Waals surface area contributed by atoms with Gasteiger partial charge in [0.2, 0.25) is 0 Å². The molecule has 0 aliphatic heterocycles. The maximum Gasteiger partial charge on any atom is 0.0991 e. The van der Waals surface area contributed by atoms with Crippen molar-refractivity contribution in [1.82, 2.24) is 0 Å². The molecule has 0 aromatic heterocycles. The van der Waals surface area contributed by atoms with Crippen molar-refractivity contribution in [2.24, 2.45) is 5.92 Å². The van der Waals surface area contributed by atoms with Gasteiger partial charge in [0.05, 0.1) is 46.5 Å². The van der Waals surface area contributed by atoms with Gasteiger partial charge in [0.1, 0.15) is 0 Å². The molecule has 0 aliphatic carbocycles. The molecule has 6 unspecified atom stereocenters. The van der Waals surface area contributed by atoms with Crippen LogP contribution in [0.25, 0.3) is 0 Å². The predicted octanol–water partition coefficient (Wildman–Crippen LogP) is 15.8. The first-order valence-corrected chi connectivity index (χ1v) is 23.9. The lowest BCUT2D eigenvalue weighted by Gasteiger charge is -2.42. The maximum absolute atomic E-state index is 10.0. The topological polar surface area (TPSA) is 95.2 Å². The Kier molecular flexibility index (Phi) is 16.4. The molecule has 332 valence electrons. The van der Waals surface area contributed by atoms with Gasteiger partial charge in [-0.2, -0.15) is 21.0 Å². The highest BCUT2D eigenvalue weighted by Gasteiger charge is 2.41. The van der Waals surface area contributed by atoms with Crippen molar-refractivity contribution in [2.75, 3.05) is 0 Å². The Balaban J connectivity index is 1.40. The van der Waals surface area contributed by atoms with Gasteiger partial charge in [0.15, 0.2) is 0 Å². The zero-order valence-corrected chi connectivity index (χ0v) is 39.1. The molecule has 7 aromatic carbocycles. The fourth-order valence-corrected chi connectivity index (χ4v) is 10.5. The minimum absolute atomic E-state index is 0.0476. The van der Waals surface area contributed by atoms with Crippen LogP contribution in [0.15, 0.2) is 188 Å². The van der Waals surface area contributed by atoms with Crippen LogP contribution >= 0.6 is 0 Å². The molecule has 0 spiro atoms. The van der Waals surface area contributed by atoms with E-state index in [1.807, 2.05) is 48.5 Å².